The molecule has 0 fully saturated rings. The molecule has 1 unspecified atom stereocenters. The third-order valence-electron chi connectivity index (χ3n) is 12.6. The predicted molar refractivity (Wildman–Crippen MR) is 307 cm³/mol. The van der Waals surface area contributed by atoms with Gasteiger partial charge in [-0.1, -0.05) is 272 Å². The van der Waals surface area contributed by atoms with Crippen LogP contribution in [0, 0.1) is 0 Å². The van der Waals surface area contributed by atoms with E-state index in [1.165, 1.54) is 116 Å². The van der Waals surface area contributed by atoms with Crippen molar-refractivity contribution in [2.45, 2.75) is 284 Å². The minimum absolute atomic E-state index is 0.0792. The van der Waals surface area contributed by atoms with Crippen molar-refractivity contribution < 1.29 is 28.6 Å². The van der Waals surface area contributed by atoms with Crippen LogP contribution in [0.2, 0.25) is 0 Å². The second-order valence-electron chi connectivity index (χ2n) is 19.5. The van der Waals surface area contributed by atoms with Crippen molar-refractivity contribution in [2.24, 2.45) is 0 Å². The average molecular weight is 988 g/mol. The largest absolute Gasteiger partial charge is 0.462 e. The number of ether oxygens (including phenoxy) is 3. The monoisotopic (exact) mass is 987 g/mol. The highest BCUT2D eigenvalue weighted by molar-refractivity contribution is 5.71. The maximum atomic E-state index is 12.8. The molecule has 6 heteroatoms. The summed E-state index contributed by atoms with van der Waals surface area (Å²) < 4.78 is 16.8. The van der Waals surface area contributed by atoms with Gasteiger partial charge < -0.3 is 14.2 Å². The van der Waals surface area contributed by atoms with E-state index in [1.807, 2.05) is 0 Å². The van der Waals surface area contributed by atoms with Crippen molar-refractivity contribution in [3.63, 3.8) is 0 Å². The van der Waals surface area contributed by atoms with Gasteiger partial charge in [0.2, 0.25) is 0 Å². The number of carbonyl (C=O) groups excluding carboxylic acids is 3. The lowest BCUT2D eigenvalue weighted by Crippen LogP contribution is -2.30. The molecule has 0 aromatic heterocycles. The summed E-state index contributed by atoms with van der Waals surface area (Å²) in [5.41, 5.74) is 0. The minimum atomic E-state index is -0.779. The standard InChI is InChI=1S/C65H110O6/c1-4-7-10-13-16-18-20-22-24-25-26-27-28-29-30-31-32-33-34-35-36-37-38-39-41-42-44-46-49-52-55-58-64(67)70-61-62(60-69-63(66)57-54-51-48-15-12-9-6-3)71-65(68)59-56-53-50-47-45-43-40-23-21-19-17-14-11-8-5-2/h7,10,16,18,22,24,26-27,29-30,32-33,35-36,38-39,62H,4-6,8-9,11-15,17,19-21,23,25,28,31,34,37,40-61H2,1-3H3/b10-7-,18-16-,24-22-,27-26-,30-29-,33-32-,36-35-,39-38-. The number of hydrogen-bond donors (Lipinski definition) is 0. The fraction of sp³-hybridized carbons (Fsp3) is 0.708. The molecule has 0 heterocycles. The maximum Gasteiger partial charge on any atom is 0.306 e. The van der Waals surface area contributed by atoms with Crippen LogP contribution >= 0.6 is 0 Å². The molecular weight excluding hydrogens is 877 g/mol. The highest BCUT2D eigenvalue weighted by Gasteiger charge is 2.19. The molecule has 0 radical (unpaired) electrons. The van der Waals surface area contributed by atoms with Crippen LogP contribution < -0.4 is 0 Å². The van der Waals surface area contributed by atoms with Crippen LogP contribution in [0.15, 0.2) is 97.2 Å². The highest BCUT2D eigenvalue weighted by atomic mass is 16.6. The summed E-state index contributed by atoms with van der Waals surface area (Å²) in [6.07, 6.45) is 78.5. The lowest BCUT2D eigenvalue weighted by atomic mass is 10.0. The average Bonchev–Trinajstić information content (AvgIpc) is 3.37. The number of hydrogen-bond acceptors (Lipinski definition) is 6. The van der Waals surface area contributed by atoms with Crippen molar-refractivity contribution >= 4 is 17.9 Å². The SMILES string of the molecule is CC/C=C\C/C=C\C/C=C\C/C=C\C/C=C\C/C=C\C/C=C\C/C=C\CCCCCCCCC(=O)OCC(COC(=O)CCCCCCCCC)OC(=O)CCCCCCCCCCCCCCCCC. The van der Waals surface area contributed by atoms with Gasteiger partial charge in [0.05, 0.1) is 0 Å². The third-order valence-corrected chi connectivity index (χ3v) is 12.6. The van der Waals surface area contributed by atoms with E-state index in [1.54, 1.807) is 0 Å². The molecule has 0 aliphatic rings. The van der Waals surface area contributed by atoms with E-state index in [2.05, 4.69) is 118 Å². The summed E-state index contributed by atoms with van der Waals surface area (Å²) in [4.78, 5) is 37.9. The molecule has 71 heavy (non-hydrogen) atoms. The topological polar surface area (TPSA) is 78.9 Å². The summed E-state index contributed by atoms with van der Waals surface area (Å²) in [6.45, 7) is 6.48. The molecule has 0 aliphatic heterocycles. The molecule has 1 atom stereocenters. The zero-order valence-corrected chi connectivity index (χ0v) is 46.5. The first-order valence-electron chi connectivity index (χ1n) is 29.7. The molecule has 0 N–H and O–H groups in total. The Morgan fingerprint density at radius 1 is 0.296 bits per heavy atom. The second kappa shape index (κ2) is 58.9. The van der Waals surface area contributed by atoms with Gasteiger partial charge in [-0.25, -0.2) is 0 Å². The molecule has 0 spiro atoms. The Bertz CT molecular complexity index is 1410. The third kappa shape index (κ3) is 57.1. The zero-order chi connectivity index (χ0) is 51.4. The molecule has 406 valence electrons. The predicted octanol–water partition coefficient (Wildman–Crippen LogP) is 20.1. The van der Waals surface area contributed by atoms with Gasteiger partial charge in [-0.3, -0.25) is 14.4 Å². The maximum absolute atomic E-state index is 12.8. The van der Waals surface area contributed by atoms with Gasteiger partial charge in [0.25, 0.3) is 0 Å². The molecular formula is C65H110O6. The van der Waals surface area contributed by atoms with Crippen LogP contribution in [-0.2, 0) is 28.6 Å². The van der Waals surface area contributed by atoms with Crippen molar-refractivity contribution in [1.29, 1.82) is 0 Å². The molecule has 0 saturated heterocycles. The molecule has 0 aromatic carbocycles. The van der Waals surface area contributed by atoms with E-state index in [0.717, 1.165) is 122 Å². The number of esters is 3. The van der Waals surface area contributed by atoms with Crippen molar-refractivity contribution in [3.8, 4) is 0 Å². The van der Waals surface area contributed by atoms with Gasteiger partial charge in [0.15, 0.2) is 6.10 Å². The van der Waals surface area contributed by atoms with Crippen molar-refractivity contribution in [2.75, 3.05) is 13.2 Å². The van der Waals surface area contributed by atoms with Crippen LogP contribution in [0.4, 0.5) is 0 Å². The van der Waals surface area contributed by atoms with Crippen LogP contribution in [0.1, 0.15) is 278 Å². The Morgan fingerprint density at radius 2 is 0.549 bits per heavy atom. The first-order valence-corrected chi connectivity index (χ1v) is 29.7. The normalized spacial score (nSPS) is 12.8. The fourth-order valence-electron chi connectivity index (χ4n) is 8.16. The molecule has 0 amide bonds. The number of carbonyl (C=O) groups is 3. The first-order chi connectivity index (χ1) is 35.0. The Morgan fingerprint density at radius 3 is 0.859 bits per heavy atom. The summed E-state index contributed by atoms with van der Waals surface area (Å²) in [6, 6.07) is 0. The van der Waals surface area contributed by atoms with Gasteiger partial charge in [-0.05, 0) is 83.5 Å². The Labute approximate surface area is 438 Å². The van der Waals surface area contributed by atoms with Crippen LogP contribution in [0.5, 0.6) is 0 Å². The van der Waals surface area contributed by atoms with Crippen molar-refractivity contribution in [1.82, 2.24) is 0 Å². The molecule has 0 aliphatic carbocycles. The molecule has 0 bridgehead atoms. The first kappa shape index (κ1) is 67.3. The Kier molecular flexibility index (Phi) is 55.9. The fourth-order valence-corrected chi connectivity index (χ4v) is 8.16. The van der Waals surface area contributed by atoms with Crippen LogP contribution in [0.3, 0.4) is 0 Å². The Hall–Kier alpha value is -3.67. The summed E-state index contributed by atoms with van der Waals surface area (Å²) >= 11 is 0. The number of rotatable bonds is 53. The molecule has 0 saturated carbocycles. The van der Waals surface area contributed by atoms with E-state index in [4.69, 9.17) is 14.2 Å². The van der Waals surface area contributed by atoms with E-state index < -0.39 is 6.10 Å². The van der Waals surface area contributed by atoms with E-state index in [9.17, 15) is 14.4 Å². The minimum Gasteiger partial charge on any atom is -0.462 e. The smallest absolute Gasteiger partial charge is 0.306 e. The zero-order valence-electron chi connectivity index (χ0n) is 46.5. The van der Waals surface area contributed by atoms with Gasteiger partial charge in [0.1, 0.15) is 13.2 Å². The van der Waals surface area contributed by atoms with Gasteiger partial charge >= 0.3 is 17.9 Å². The molecule has 0 rings (SSSR count). The van der Waals surface area contributed by atoms with Gasteiger partial charge in [0, 0.05) is 19.3 Å². The van der Waals surface area contributed by atoms with E-state index >= 15 is 0 Å². The quantitative estimate of drug-likeness (QED) is 0.0261. The lowest BCUT2D eigenvalue weighted by molar-refractivity contribution is -0.167. The second-order valence-corrected chi connectivity index (χ2v) is 19.5. The summed E-state index contributed by atoms with van der Waals surface area (Å²) in [5, 5.41) is 0. The van der Waals surface area contributed by atoms with E-state index in [-0.39, 0.29) is 31.1 Å². The number of unbranched alkanes of at least 4 members (excludes halogenated alkanes) is 26. The van der Waals surface area contributed by atoms with Gasteiger partial charge in [-0.15, -0.1) is 0 Å². The molecule has 0 aromatic rings. The summed E-state index contributed by atoms with van der Waals surface area (Å²) in [7, 11) is 0. The summed E-state index contributed by atoms with van der Waals surface area (Å²) in [5.74, 6) is -0.895. The highest BCUT2D eigenvalue weighted by Crippen LogP contribution is 2.16. The van der Waals surface area contributed by atoms with Gasteiger partial charge in [-0.2, -0.15) is 0 Å². The van der Waals surface area contributed by atoms with Crippen LogP contribution in [0.25, 0.3) is 0 Å². The lowest BCUT2D eigenvalue weighted by Gasteiger charge is -2.18. The molecule has 6 nitrogen and oxygen atoms in total. The Balaban J connectivity index is 4.17. The van der Waals surface area contributed by atoms with E-state index in [0.29, 0.717) is 19.3 Å². The van der Waals surface area contributed by atoms with Crippen LogP contribution in [-0.4, -0.2) is 37.2 Å². The van der Waals surface area contributed by atoms with Crippen molar-refractivity contribution in [3.05, 3.63) is 97.2 Å². The number of allylic oxidation sites excluding steroid dienone is 16.